The monoisotopic (exact) mass is 590 g/mol. The number of aromatic nitrogens is 1. The van der Waals surface area contributed by atoms with E-state index >= 15 is 0 Å². The highest BCUT2D eigenvalue weighted by molar-refractivity contribution is 6.08. The van der Waals surface area contributed by atoms with Crippen LogP contribution >= 0.6 is 0 Å². The van der Waals surface area contributed by atoms with Crippen molar-refractivity contribution >= 4 is 22.8 Å². The van der Waals surface area contributed by atoms with Gasteiger partial charge in [0.1, 0.15) is 17.0 Å². The standard InChI is InChI=1S/C32H34N2O9/c1-32(2,3)43-31(38)33-17-18-11-13-20(14-12-18)34-27(30(37)42-7)25(21-9-8-10-22(35)26(21)29(34)36)19-15-23(39-4)28(41-6)24(16-19)40-5/h8-16,35H,17H2,1-7H3,(H,33,38). The summed E-state index contributed by atoms with van der Waals surface area (Å²) >= 11 is 0. The molecule has 1 aromatic heterocycles. The molecule has 0 aliphatic heterocycles. The zero-order valence-electron chi connectivity index (χ0n) is 25.1. The van der Waals surface area contributed by atoms with E-state index in [-0.39, 0.29) is 23.4 Å². The predicted octanol–water partition coefficient (Wildman–Crippen LogP) is 5.20. The number of phenols is 1. The van der Waals surface area contributed by atoms with E-state index in [4.69, 9.17) is 23.7 Å². The van der Waals surface area contributed by atoms with Crippen molar-refractivity contribution in [1.82, 2.24) is 9.88 Å². The Hall–Kier alpha value is -5.19. The lowest BCUT2D eigenvalue weighted by Crippen LogP contribution is -2.32. The van der Waals surface area contributed by atoms with Gasteiger partial charge in [0.15, 0.2) is 11.5 Å². The van der Waals surface area contributed by atoms with Crippen molar-refractivity contribution in [1.29, 1.82) is 0 Å². The molecule has 0 atom stereocenters. The van der Waals surface area contributed by atoms with Crippen molar-refractivity contribution in [2.45, 2.75) is 32.9 Å². The van der Waals surface area contributed by atoms with E-state index in [0.29, 0.717) is 39.4 Å². The van der Waals surface area contributed by atoms with Crippen molar-refractivity contribution in [3.8, 4) is 39.8 Å². The largest absolute Gasteiger partial charge is 0.507 e. The van der Waals surface area contributed by atoms with Crippen LogP contribution in [-0.2, 0) is 16.0 Å². The molecule has 0 bridgehead atoms. The maximum Gasteiger partial charge on any atom is 0.407 e. The zero-order chi connectivity index (χ0) is 31.5. The highest BCUT2D eigenvalue weighted by atomic mass is 16.6. The van der Waals surface area contributed by atoms with E-state index in [1.165, 1.54) is 39.1 Å². The first-order chi connectivity index (χ1) is 20.4. The van der Waals surface area contributed by atoms with Crippen LogP contribution in [0.4, 0.5) is 4.79 Å². The van der Waals surface area contributed by atoms with Gasteiger partial charge in [0, 0.05) is 23.2 Å². The van der Waals surface area contributed by atoms with Crippen LogP contribution in [0.15, 0.2) is 59.4 Å². The number of aromatic hydroxyl groups is 1. The summed E-state index contributed by atoms with van der Waals surface area (Å²) in [6.45, 7) is 5.48. The summed E-state index contributed by atoms with van der Waals surface area (Å²) in [5.41, 5.74) is 0.422. The Morgan fingerprint density at radius 3 is 2.07 bits per heavy atom. The summed E-state index contributed by atoms with van der Waals surface area (Å²) in [6.07, 6.45) is -0.569. The van der Waals surface area contributed by atoms with Crippen molar-refractivity contribution in [2.24, 2.45) is 0 Å². The summed E-state index contributed by atoms with van der Waals surface area (Å²) < 4.78 is 28.2. The lowest BCUT2D eigenvalue weighted by Gasteiger charge is -2.21. The number of esters is 1. The molecule has 0 fully saturated rings. The second-order valence-corrected chi connectivity index (χ2v) is 10.5. The fourth-order valence-electron chi connectivity index (χ4n) is 4.73. The average molecular weight is 591 g/mol. The number of amides is 1. The number of benzene rings is 3. The van der Waals surface area contributed by atoms with Crippen LogP contribution in [0.3, 0.4) is 0 Å². The Kier molecular flexibility index (Phi) is 8.84. The normalized spacial score (nSPS) is 11.1. The Labute approximate surface area is 248 Å². The highest BCUT2D eigenvalue weighted by Crippen LogP contribution is 2.44. The van der Waals surface area contributed by atoms with E-state index in [0.717, 1.165) is 5.56 Å². The maximum absolute atomic E-state index is 14.0. The van der Waals surface area contributed by atoms with Gasteiger partial charge in [-0.15, -0.1) is 0 Å². The molecular formula is C32H34N2O9. The molecule has 1 heterocycles. The van der Waals surface area contributed by atoms with Crippen molar-refractivity contribution in [3.05, 3.63) is 76.2 Å². The Morgan fingerprint density at radius 2 is 1.53 bits per heavy atom. The number of nitrogens with one attached hydrogen (secondary N) is 1. The van der Waals surface area contributed by atoms with Gasteiger partial charge in [0.25, 0.3) is 5.56 Å². The van der Waals surface area contributed by atoms with Gasteiger partial charge >= 0.3 is 12.1 Å². The molecule has 4 aromatic rings. The minimum absolute atomic E-state index is 0.00502. The topological polar surface area (TPSA) is 135 Å². The Bertz CT molecular complexity index is 1710. The van der Waals surface area contributed by atoms with Crippen molar-refractivity contribution in [2.75, 3.05) is 28.4 Å². The molecule has 2 N–H and O–H groups in total. The minimum Gasteiger partial charge on any atom is -0.507 e. The Morgan fingerprint density at radius 1 is 0.907 bits per heavy atom. The zero-order valence-corrected chi connectivity index (χ0v) is 25.1. The highest BCUT2D eigenvalue weighted by Gasteiger charge is 2.28. The van der Waals surface area contributed by atoms with Crippen LogP contribution in [0.5, 0.6) is 23.0 Å². The fourth-order valence-corrected chi connectivity index (χ4v) is 4.73. The van der Waals surface area contributed by atoms with E-state index in [1.54, 1.807) is 69.3 Å². The van der Waals surface area contributed by atoms with Gasteiger partial charge in [-0.3, -0.25) is 9.36 Å². The quantitative estimate of drug-likeness (QED) is 0.266. The second kappa shape index (κ2) is 12.4. The number of hydrogen-bond donors (Lipinski definition) is 2. The number of phenolic OH excluding ortho intramolecular Hbond substituents is 1. The molecule has 0 saturated heterocycles. The van der Waals surface area contributed by atoms with Gasteiger partial charge in [-0.2, -0.15) is 0 Å². The lowest BCUT2D eigenvalue weighted by molar-refractivity contribution is 0.0522. The number of rotatable bonds is 8. The third-order valence-electron chi connectivity index (χ3n) is 6.55. The number of pyridine rings is 1. The molecule has 11 nitrogen and oxygen atoms in total. The first kappa shape index (κ1) is 30.8. The number of carbonyl (C=O) groups excluding carboxylic acids is 2. The molecule has 0 unspecified atom stereocenters. The summed E-state index contributed by atoms with van der Waals surface area (Å²) in [4.78, 5) is 39.6. The van der Waals surface area contributed by atoms with Crippen molar-refractivity contribution in [3.63, 3.8) is 0 Å². The summed E-state index contributed by atoms with van der Waals surface area (Å²) in [6, 6.07) is 14.6. The molecule has 1 amide bonds. The molecule has 0 aliphatic carbocycles. The number of ether oxygens (including phenoxy) is 5. The molecule has 43 heavy (non-hydrogen) atoms. The van der Waals surface area contributed by atoms with E-state index < -0.39 is 23.2 Å². The van der Waals surface area contributed by atoms with Gasteiger partial charge in [-0.05, 0) is 62.2 Å². The van der Waals surface area contributed by atoms with Crippen LogP contribution in [-0.4, -0.2) is 55.8 Å². The number of alkyl carbamates (subject to hydrolysis) is 1. The van der Waals surface area contributed by atoms with Crippen LogP contribution < -0.4 is 25.1 Å². The number of nitrogens with zero attached hydrogens (tertiary/aromatic N) is 1. The van der Waals surface area contributed by atoms with Gasteiger partial charge in [0.2, 0.25) is 5.75 Å². The first-order valence-corrected chi connectivity index (χ1v) is 13.3. The average Bonchev–Trinajstić information content (AvgIpc) is 2.98. The smallest absolute Gasteiger partial charge is 0.407 e. The summed E-state index contributed by atoms with van der Waals surface area (Å²) in [5.74, 6) is -0.0770. The number of hydrogen-bond acceptors (Lipinski definition) is 9. The van der Waals surface area contributed by atoms with E-state index in [1.807, 2.05) is 0 Å². The maximum atomic E-state index is 14.0. The fraction of sp³-hybridized carbons (Fsp3) is 0.281. The van der Waals surface area contributed by atoms with Gasteiger partial charge in [0.05, 0.1) is 33.8 Å². The van der Waals surface area contributed by atoms with Gasteiger partial charge in [-0.1, -0.05) is 24.3 Å². The van der Waals surface area contributed by atoms with Crippen LogP contribution in [0, 0.1) is 0 Å². The molecule has 0 aliphatic rings. The van der Waals surface area contributed by atoms with Crippen LogP contribution in [0.1, 0.15) is 36.8 Å². The molecule has 3 aromatic carbocycles. The molecule has 0 spiro atoms. The lowest BCUT2D eigenvalue weighted by atomic mass is 9.95. The Balaban J connectivity index is 1.97. The third kappa shape index (κ3) is 6.20. The molecule has 226 valence electrons. The number of methoxy groups -OCH3 is 4. The summed E-state index contributed by atoms with van der Waals surface area (Å²) in [7, 11) is 5.62. The SMILES string of the molecule is COC(=O)c1c(-c2cc(OC)c(OC)c(OC)c2)c2cccc(O)c2c(=O)n1-c1ccc(CNC(=O)OC(C)(C)C)cc1. The third-order valence-corrected chi connectivity index (χ3v) is 6.55. The van der Waals surface area contributed by atoms with Crippen molar-refractivity contribution < 1.29 is 38.4 Å². The molecule has 4 rings (SSSR count). The molecule has 0 saturated carbocycles. The second-order valence-electron chi connectivity index (χ2n) is 10.5. The first-order valence-electron chi connectivity index (χ1n) is 13.3. The minimum atomic E-state index is -0.790. The molecule has 0 radical (unpaired) electrons. The van der Waals surface area contributed by atoms with Gasteiger partial charge in [-0.25, -0.2) is 9.59 Å². The van der Waals surface area contributed by atoms with Crippen LogP contribution in [0.25, 0.3) is 27.6 Å². The summed E-state index contributed by atoms with van der Waals surface area (Å²) in [5, 5.41) is 13.9. The molecule has 11 heteroatoms. The van der Waals surface area contributed by atoms with E-state index in [2.05, 4.69) is 5.32 Å². The predicted molar refractivity (Wildman–Crippen MR) is 161 cm³/mol. The number of carbonyl (C=O) groups is 2. The molecular weight excluding hydrogens is 556 g/mol. The van der Waals surface area contributed by atoms with Gasteiger partial charge < -0.3 is 34.1 Å². The van der Waals surface area contributed by atoms with Crippen LogP contribution in [0.2, 0.25) is 0 Å². The van der Waals surface area contributed by atoms with E-state index in [9.17, 15) is 19.5 Å². The number of fused-ring (bicyclic) bond motifs is 1.